The molecular weight excluding hydrogens is 599 g/mol. The van der Waals surface area contributed by atoms with Crippen molar-refractivity contribution in [1.82, 2.24) is 15.0 Å². The molecule has 2 heterocycles. The van der Waals surface area contributed by atoms with Gasteiger partial charge in [0.15, 0.2) is 17.5 Å². The lowest BCUT2D eigenvalue weighted by molar-refractivity contribution is 0.669. The van der Waals surface area contributed by atoms with Crippen molar-refractivity contribution in [3.05, 3.63) is 176 Å². The molecule has 49 heavy (non-hydrogen) atoms. The maximum atomic E-state index is 8.36. The molecule has 2 aromatic heterocycles. The van der Waals surface area contributed by atoms with E-state index in [1.165, 1.54) is 0 Å². The Morgan fingerprint density at radius 2 is 0.796 bits per heavy atom. The fraction of sp³-hybridized carbons (Fsp3) is 0. The third-order valence-corrected chi connectivity index (χ3v) is 8.67. The van der Waals surface area contributed by atoms with Crippen molar-refractivity contribution in [3.63, 3.8) is 0 Å². The molecule has 7 aromatic carbocycles. The molecule has 0 unspecified atom stereocenters. The SMILES string of the molecule is [2H]c1c([2H])c([2H])c(-c2ccc(-c3ccc(-c4cccc5oc6cccc(-c7nc(-c8ccccc8)nc(-c8ccccc8)n7)c6c45)cc3)cc2)c([2H])c1[2H]. The number of aromatic nitrogens is 3. The van der Waals surface area contributed by atoms with Crippen molar-refractivity contribution in [2.75, 3.05) is 0 Å². The fourth-order valence-electron chi connectivity index (χ4n) is 6.29. The lowest BCUT2D eigenvalue weighted by atomic mass is 9.95. The highest BCUT2D eigenvalue weighted by atomic mass is 16.3. The van der Waals surface area contributed by atoms with Crippen LogP contribution in [0.25, 0.3) is 89.5 Å². The minimum absolute atomic E-state index is 0.187. The van der Waals surface area contributed by atoms with Gasteiger partial charge in [0.2, 0.25) is 0 Å². The Bertz CT molecular complexity index is 2770. The van der Waals surface area contributed by atoms with Gasteiger partial charge in [0, 0.05) is 27.5 Å². The average molecular weight is 633 g/mol. The van der Waals surface area contributed by atoms with Crippen LogP contribution >= 0.6 is 0 Å². The van der Waals surface area contributed by atoms with Crippen LogP contribution in [0.1, 0.15) is 6.85 Å². The molecule has 0 atom stereocenters. The summed E-state index contributed by atoms with van der Waals surface area (Å²) in [6.45, 7) is 0. The molecule has 0 aliphatic carbocycles. The lowest BCUT2D eigenvalue weighted by Gasteiger charge is -2.10. The Morgan fingerprint density at radius 1 is 0.347 bits per heavy atom. The zero-order valence-electron chi connectivity index (χ0n) is 31.1. The van der Waals surface area contributed by atoms with E-state index < -0.39 is 6.04 Å². The van der Waals surface area contributed by atoms with Gasteiger partial charge in [-0.25, -0.2) is 15.0 Å². The summed E-state index contributed by atoms with van der Waals surface area (Å²) in [7, 11) is 0. The number of nitrogens with zero attached hydrogens (tertiary/aromatic N) is 3. The number of furan rings is 1. The molecule has 9 aromatic rings. The summed E-state index contributed by atoms with van der Waals surface area (Å²) < 4.78 is 47.2. The van der Waals surface area contributed by atoms with Gasteiger partial charge >= 0.3 is 0 Å². The summed E-state index contributed by atoms with van der Waals surface area (Å²) in [5.74, 6) is 1.72. The van der Waals surface area contributed by atoms with Crippen LogP contribution in [0, 0.1) is 0 Å². The summed E-state index contributed by atoms with van der Waals surface area (Å²) in [6.07, 6.45) is 0. The Morgan fingerprint density at radius 3 is 1.35 bits per heavy atom. The molecule has 0 radical (unpaired) electrons. The second kappa shape index (κ2) is 12.2. The van der Waals surface area contributed by atoms with Crippen LogP contribution in [-0.4, -0.2) is 15.0 Å². The number of hydrogen-bond donors (Lipinski definition) is 0. The smallest absolute Gasteiger partial charge is 0.164 e. The van der Waals surface area contributed by atoms with Crippen molar-refractivity contribution in [1.29, 1.82) is 0 Å². The highest BCUT2D eigenvalue weighted by Gasteiger charge is 2.20. The van der Waals surface area contributed by atoms with Crippen molar-refractivity contribution in [2.24, 2.45) is 0 Å². The maximum Gasteiger partial charge on any atom is 0.164 e. The lowest BCUT2D eigenvalue weighted by Crippen LogP contribution is -2.00. The first-order valence-electron chi connectivity index (χ1n) is 18.5. The van der Waals surface area contributed by atoms with Crippen molar-refractivity contribution in [2.45, 2.75) is 0 Å². The summed E-state index contributed by atoms with van der Waals surface area (Å²) in [5.41, 5.74) is 8.78. The molecule has 0 saturated heterocycles. The molecule has 230 valence electrons. The zero-order chi connectivity index (χ0) is 36.9. The largest absolute Gasteiger partial charge is 0.456 e. The summed E-state index contributed by atoms with van der Waals surface area (Å²) in [4.78, 5) is 14.9. The predicted octanol–water partition coefficient (Wildman–Crippen LogP) is 11.8. The van der Waals surface area contributed by atoms with Gasteiger partial charge in [-0.15, -0.1) is 0 Å². The standard InChI is InChI=1S/C45H29N3O/c1-4-12-30(13-5-1)31-22-24-32(25-23-31)33-26-28-34(29-27-33)37-18-10-20-39-41(37)42-38(19-11-21-40(42)49-39)45-47-43(35-14-6-2-7-15-35)46-44(48-45)36-16-8-3-9-17-36/h1-29H/i1D,4D,5D,12D,13D. The van der Waals surface area contributed by atoms with Crippen LogP contribution in [0.3, 0.4) is 0 Å². The van der Waals surface area contributed by atoms with Crippen LogP contribution in [0.15, 0.2) is 180 Å². The van der Waals surface area contributed by atoms with E-state index in [2.05, 4.69) is 30.3 Å². The topological polar surface area (TPSA) is 51.8 Å². The second-order valence-electron chi connectivity index (χ2n) is 11.7. The molecular formula is C45H29N3O. The Balaban J connectivity index is 1.13. The normalized spacial score (nSPS) is 12.7. The van der Waals surface area contributed by atoms with Crippen LogP contribution in [0.4, 0.5) is 0 Å². The molecule has 0 bridgehead atoms. The predicted molar refractivity (Wildman–Crippen MR) is 200 cm³/mol. The molecule has 0 fully saturated rings. The van der Waals surface area contributed by atoms with Crippen LogP contribution in [0.5, 0.6) is 0 Å². The third kappa shape index (κ3) is 5.35. The third-order valence-electron chi connectivity index (χ3n) is 8.67. The van der Waals surface area contributed by atoms with Crippen LogP contribution < -0.4 is 0 Å². The molecule has 4 nitrogen and oxygen atoms in total. The first kappa shape index (κ1) is 23.6. The molecule has 0 saturated carbocycles. The van der Waals surface area contributed by atoms with Crippen LogP contribution in [0.2, 0.25) is 0 Å². The van der Waals surface area contributed by atoms with E-state index in [0.717, 1.165) is 60.9 Å². The fourth-order valence-corrected chi connectivity index (χ4v) is 6.29. The number of hydrogen-bond acceptors (Lipinski definition) is 4. The summed E-state index contributed by atoms with van der Waals surface area (Å²) in [5, 5.41) is 1.88. The van der Waals surface area contributed by atoms with E-state index in [-0.39, 0.29) is 29.7 Å². The van der Waals surface area contributed by atoms with Gasteiger partial charge in [0.1, 0.15) is 11.2 Å². The molecule has 0 N–H and O–H groups in total. The van der Waals surface area contributed by atoms with Crippen molar-refractivity contribution < 1.29 is 11.3 Å². The van der Waals surface area contributed by atoms with E-state index in [4.69, 9.17) is 26.2 Å². The maximum absolute atomic E-state index is 8.36. The van der Waals surface area contributed by atoms with Crippen molar-refractivity contribution in [3.8, 4) is 67.5 Å². The van der Waals surface area contributed by atoms with Gasteiger partial charge in [-0.1, -0.05) is 164 Å². The highest BCUT2D eigenvalue weighted by Crippen LogP contribution is 2.41. The zero-order valence-corrected chi connectivity index (χ0v) is 26.1. The van der Waals surface area contributed by atoms with E-state index in [1.54, 1.807) is 12.1 Å². The first-order chi connectivity index (χ1) is 26.4. The van der Waals surface area contributed by atoms with Gasteiger partial charge in [0.05, 0.1) is 6.85 Å². The van der Waals surface area contributed by atoms with Gasteiger partial charge in [-0.05, 0) is 45.5 Å². The quantitative estimate of drug-likeness (QED) is 0.183. The number of rotatable bonds is 6. The Labute approximate surface area is 291 Å². The van der Waals surface area contributed by atoms with E-state index >= 15 is 0 Å². The van der Waals surface area contributed by atoms with Crippen LogP contribution in [-0.2, 0) is 0 Å². The minimum Gasteiger partial charge on any atom is -0.456 e. The van der Waals surface area contributed by atoms with Gasteiger partial charge in [-0.2, -0.15) is 0 Å². The second-order valence-corrected chi connectivity index (χ2v) is 11.7. The minimum atomic E-state index is -0.402. The number of fused-ring (bicyclic) bond motifs is 3. The molecule has 0 aliphatic heterocycles. The van der Waals surface area contributed by atoms with E-state index in [9.17, 15) is 0 Å². The number of benzene rings is 7. The first-order valence-corrected chi connectivity index (χ1v) is 16.0. The molecule has 4 heteroatoms. The van der Waals surface area contributed by atoms with E-state index in [1.807, 2.05) is 103 Å². The summed E-state index contributed by atoms with van der Waals surface area (Å²) in [6, 6.07) is 46.0. The van der Waals surface area contributed by atoms with E-state index in [0.29, 0.717) is 23.0 Å². The average Bonchev–Trinajstić information content (AvgIpc) is 3.62. The Kier molecular flexibility index (Phi) is 5.87. The monoisotopic (exact) mass is 632 g/mol. The molecule has 0 spiro atoms. The molecule has 0 aliphatic rings. The molecule has 0 amide bonds. The Hall–Kier alpha value is -6.65. The van der Waals surface area contributed by atoms with Gasteiger partial charge in [0.25, 0.3) is 0 Å². The van der Waals surface area contributed by atoms with Gasteiger partial charge in [-0.3, -0.25) is 0 Å². The molecule has 9 rings (SSSR count). The summed E-state index contributed by atoms with van der Waals surface area (Å²) >= 11 is 0. The highest BCUT2D eigenvalue weighted by molar-refractivity contribution is 6.17. The van der Waals surface area contributed by atoms with Crippen molar-refractivity contribution >= 4 is 21.9 Å². The van der Waals surface area contributed by atoms with Gasteiger partial charge < -0.3 is 4.42 Å².